The number of rotatable bonds is 3. The summed E-state index contributed by atoms with van der Waals surface area (Å²) in [4.78, 5) is 0. The van der Waals surface area contributed by atoms with Crippen LogP contribution < -0.4 is 10.5 Å². The Morgan fingerprint density at radius 1 is 1.35 bits per heavy atom. The summed E-state index contributed by atoms with van der Waals surface area (Å²) < 4.78 is 25.9. The molecule has 4 heteroatoms. The molecule has 0 aromatic heterocycles. The first-order valence-electron chi connectivity index (χ1n) is 7.02. The Kier molecular flexibility index (Phi) is 3.82. The zero-order valence-corrected chi connectivity index (χ0v) is 12.9. The normalized spacial score (nSPS) is 25.4. The summed E-state index contributed by atoms with van der Waals surface area (Å²) in [6, 6.07) is 4.70. The third-order valence-electron chi connectivity index (χ3n) is 3.74. The van der Waals surface area contributed by atoms with Gasteiger partial charge in [-0.2, -0.15) is 0 Å². The van der Waals surface area contributed by atoms with E-state index in [1.54, 1.807) is 12.1 Å². The Labute approximate surface area is 120 Å². The van der Waals surface area contributed by atoms with Gasteiger partial charge in [-0.3, -0.25) is 0 Å². The van der Waals surface area contributed by atoms with Crippen molar-refractivity contribution in [3.05, 3.63) is 29.6 Å². The predicted molar refractivity (Wildman–Crippen MR) is 77.3 cm³/mol. The van der Waals surface area contributed by atoms with E-state index < -0.39 is 5.60 Å². The van der Waals surface area contributed by atoms with Crippen LogP contribution in [-0.4, -0.2) is 17.3 Å². The molecule has 1 fully saturated rings. The number of hydrogen-bond acceptors (Lipinski definition) is 3. The second kappa shape index (κ2) is 5.01. The largest absolute Gasteiger partial charge is 0.484 e. The van der Waals surface area contributed by atoms with Crippen LogP contribution in [0.4, 0.5) is 4.39 Å². The number of hydrogen-bond donors (Lipinski definition) is 1. The highest BCUT2D eigenvalue weighted by Gasteiger charge is 2.47. The second-order valence-corrected chi connectivity index (χ2v) is 6.75. The van der Waals surface area contributed by atoms with Crippen LogP contribution in [0, 0.1) is 5.82 Å². The van der Waals surface area contributed by atoms with Gasteiger partial charge in [0.1, 0.15) is 11.7 Å². The topological polar surface area (TPSA) is 44.5 Å². The Morgan fingerprint density at radius 3 is 2.45 bits per heavy atom. The molecule has 2 N–H and O–H groups in total. The molecule has 1 aromatic rings. The third-order valence-corrected chi connectivity index (χ3v) is 3.74. The molecule has 1 aliphatic heterocycles. The van der Waals surface area contributed by atoms with Crippen LogP contribution in [0.25, 0.3) is 0 Å². The molecule has 3 nitrogen and oxygen atoms in total. The van der Waals surface area contributed by atoms with Gasteiger partial charge in [-0.05, 0) is 52.3 Å². The van der Waals surface area contributed by atoms with Crippen LogP contribution >= 0.6 is 0 Å². The van der Waals surface area contributed by atoms with Crippen LogP contribution in [0.2, 0.25) is 0 Å². The Hall–Kier alpha value is -1.13. The number of halogens is 1. The van der Waals surface area contributed by atoms with E-state index in [1.165, 1.54) is 6.07 Å². The van der Waals surface area contributed by atoms with E-state index in [0.717, 1.165) is 12.0 Å². The van der Waals surface area contributed by atoms with Gasteiger partial charge in [-0.15, -0.1) is 0 Å². The van der Waals surface area contributed by atoms with E-state index in [-0.39, 0.29) is 29.3 Å². The Balaban J connectivity index is 2.18. The van der Waals surface area contributed by atoms with Crippen LogP contribution in [-0.2, 0) is 4.74 Å². The lowest BCUT2D eigenvalue weighted by Crippen LogP contribution is -2.36. The standard InChI is InChI=1S/C16H24FNO2/c1-10(18)11-6-7-13(12(17)8-11)19-14-9-15(2,3)20-16(14,4)5/h6-8,10,14H,9,18H2,1-5H3. The SMILES string of the molecule is CC(N)c1ccc(OC2CC(C)(C)OC2(C)C)c(F)c1. The van der Waals surface area contributed by atoms with Gasteiger partial charge in [-0.25, -0.2) is 4.39 Å². The number of nitrogens with two attached hydrogens (primary N) is 1. The summed E-state index contributed by atoms with van der Waals surface area (Å²) in [7, 11) is 0. The van der Waals surface area contributed by atoms with Gasteiger partial charge in [0, 0.05) is 12.5 Å². The molecular formula is C16H24FNO2. The minimum atomic E-state index is -0.435. The van der Waals surface area contributed by atoms with Gasteiger partial charge in [0.05, 0.1) is 5.60 Å². The summed E-state index contributed by atoms with van der Waals surface area (Å²) in [6.45, 7) is 9.81. The van der Waals surface area contributed by atoms with Crippen molar-refractivity contribution in [2.45, 2.75) is 64.4 Å². The van der Waals surface area contributed by atoms with Crippen LogP contribution in [0.1, 0.15) is 52.6 Å². The first-order valence-corrected chi connectivity index (χ1v) is 7.02. The van der Waals surface area contributed by atoms with E-state index in [4.69, 9.17) is 15.2 Å². The highest BCUT2D eigenvalue weighted by Crippen LogP contribution is 2.40. The quantitative estimate of drug-likeness (QED) is 0.921. The van der Waals surface area contributed by atoms with E-state index in [1.807, 2.05) is 34.6 Å². The zero-order chi connectivity index (χ0) is 15.1. The minimum Gasteiger partial charge on any atom is -0.484 e. The van der Waals surface area contributed by atoms with Gasteiger partial charge in [0.15, 0.2) is 11.6 Å². The molecule has 1 saturated heterocycles. The maximum Gasteiger partial charge on any atom is 0.165 e. The summed E-state index contributed by atoms with van der Waals surface area (Å²) in [5, 5.41) is 0. The first kappa shape index (κ1) is 15.3. The van der Waals surface area contributed by atoms with E-state index in [2.05, 4.69) is 0 Å². The minimum absolute atomic E-state index is 0.173. The Bertz CT molecular complexity index is 497. The average Bonchev–Trinajstić information content (AvgIpc) is 2.49. The van der Waals surface area contributed by atoms with E-state index in [9.17, 15) is 4.39 Å². The average molecular weight is 281 g/mol. The van der Waals surface area contributed by atoms with Crippen molar-refractivity contribution in [3.8, 4) is 5.75 Å². The lowest BCUT2D eigenvalue weighted by atomic mass is 9.97. The molecule has 2 atom stereocenters. The summed E-state index contributed by atoms with van der Waals surface area (Å²) >= 11 is 0. The molecule has 1 heterocycles. The number of benzene rings is 1. The monoisotopic (exact) mass is 281 g/mol. The van der Waals surface area contributed by atoms with Crippen molar-refractivity contribution in [2.24, 2.45) is 5.73 Å². The summed E-state index contributed by atoms with van der Waals surface area (Å²) in [5.41, 5.74) is 5.82. The molecule has 0 amide bonds. The van der Waals surface area contributed by atoms with Crippen molar-refractivity contribution in [3.63, 3.8) is 0 Å². The maximum atomic E-state index is 14.1. The molecule has 0 saturated carbocycles. The van der Waals surface area contributed by atoms with Crippen molar-refractivity contribution in [1.82, 2.24) is 0 Å². The van der Waals surface area contributed by atoms with Crippen molar-refractivity contribution < 1.29 is 13.9 Å². The fraction of sp³-hybridized carbons (Fsp3) is 0.625. The van der Waals surface area contributed by atoms with Gasteiger partial charge >= 0.3 is 0 Å². The highest BCUT2D eigenvalue weighted by atomic mass is 19.1. The molecule has 1 aromatic carbocycles. The molecule has 0 bridgehead atoms. The molecular weight excluding hydrogens is 257 g/mol. The molecule has 0 radical (unpaired) electrons. The van der Waals surface area contributed by atoms with Crippen LogP contribution in [0.15, 0.2) is 18.2 Å². The maximum absolute atomic E-state index is 14.1. The van der Waals surface area contributed by atoms with Crippen LogP contribution in [0.5, 0.6) is 5.75 Å². The number of ether oxygens (including phenoxy) is 2. The predicted octanol–water partition coefficient (Wildman–Crippen LogP) is 3.57. The lowest BCUT2D eigenvalue weighted by Gasteiger charge is -2.27. The van der Waals surface area contributed by atoms with Gasteiger partial charge < -0.3 is 15.2 Å². The molecule has 1 aliphatic rings. The lowest BCUT2D eigenvalue weighted by molar-refractivity contribution is -0.0849. The molecule has 112 valence electrons. The zero-order valence-electron chi connectivity index (χ0n) is 12.9. The fourth-order valence-electron chi connectivity index (χ4n) is 2.74. The van der Waals surface area contributed by atoms with Crippen LogP contribution in [0.3, 0.4) is 0 Å². The second-order valence-electron chi connectivity index (χ2n) is 6.75. The summed E-state index contributed by atoms with van der Waals surface area (Å²) in [5.74, 6) is -0.117. The highest BCUT2D eigenvalue weighted by molar-refractivity contribution is 5.31. The molecule has 20 heavy (non-hydrogen) atoms. The smallest absolute Gasteiger partial charge is 0.165 e. The molecule has 0 aliphatic carbocycles. The summed E-state index contributed by atoms with van der Waals surface area (Å²) in [6.07, 6.45) is 0.558. The molecule has 2 unspecified atom stereocenters. The van der Waals surface area contributed by atoms with E-state index in [0.29, 0.717) is 0 Å². The van der Waals surface area contributed by atoms with Gasteiger partial charge in [0.2, 0.25) is 0 Å². The molecule has 2 rings (SSSR count). The van der Waals surface area contributed by atoms with Crippen molar-refractivity contribution in [2.75, 3.05) is 0 Å². The molecule has 0 spiro atoms. The van der Waals surface area contributed by atoms with Crippen molar-refractivity contribution in [1.29, 1.82) is 0 Å². The third kappa shape index (κ3) is 3.13. The Morgan fingerprint density at radius 2 is 2.00 bits per heavy atom. The first-order chi connectivity index (χ1) is 9.11. The fourth-order valence-corrected chi connectivity index (χ4v) is 2.74. The van der Waals surface area contributed by atoms with Crippen molar-refractivity contribution >= 4 is 0 Å². The van der Waals surface area contributed by atoms with Gasteiger partial charge in [-0.1, -0.05) is 6.07 Å². The van der Waals surface area contributed by atoms with Gasteiger partial charge in [0.25, 0.3) is 0 Å². The van der Waals surface area contributed by atoms with E-state index >= 15 is 0 Å².